The summed E-state index contributed by atoms with van der Waals surface area (Å²) in [4.78, 5) is 31.5. The summed E-state index contributed by atoms with van der Waals surface area (Å²) in [5, 5.41) is -0.108. The average molecular weight is 816 g/mol. The van der Waals surface area contributed by atoms with Gasteiger partial charge < -0.3 is 14.4 Å². The number of fused-ring (bicyclic) bond motifs is 1. The van der Waals surface area contributed by atoms with Crippen LogP contribution in [-0.4, -0.2) is 93.2 Å². The number of hydrogen-bond acceptors (Lipinski definition) is 7. The van der Waals surface area contributed by atoms with Gasteiger partial charge in [0.1, 0.15) is 17.5 Å². The Bertz CT molecular complexity index is 2180. The Morgan fingerprint density at radius 1 is 1.02 bits per heavy atom. The van der Waals surface area contributed by atoms with E-state index in [0.717, 1.165) is 28.3 Å². The number of sulfonamides is 1. The summed E-state index contributed by atoms with van der Waals surface area (Å²) in [6, 6.07) is 10.3. The minimum absolute atomic E-state index is 0.0199. The number of halogens is 7. The molecule has 0 saturated carbocycles. The molecule has 0 bridgehead atoms. The summed E-state index contributed by atoms with van der Waals surface area (Å²) in [6.07, 6.45) is -3.55. The second-order valence-corrected chi connectivity index (χ2v) is 15.5. The summed E-state index contributed by atoms with van der Waals surface area (Å²) >= 11 is 5.72. The van der Waals surface area contributed by atoms with Crippen LogP contribution in [0.3, 0.4) is 0 Å². The van der Waals surface area contributed by atoms with Crippen LogP contribution in [0.2, 0.25) is 5.02 Å². The van der Waals surface area contributed by atoms with Crippen molar-refractivity contribution in [1.29, 1.82) is 0 Å². The van der Waals surface area contributed by atoms with Crippen molar-refractivity contribution in [3.63, 3.8) is 0 Å². The van der Waals surface area contributed by atoms with Crippen molar-refractivity contribution in [3.05, 3.63) is 82.5 Å². The van der Waals surface area contributed by atoms with Gasteiger partial charge in [-0.05, 0) is 73.7 Å². The molecule has 19 heteroatoms. The van der Waals surface area contributed by atoms with Gasteiger partial charge in [0.25, 0.3) is 10.0 Å². The van der Waals surface area contributed by atoms with Gasteiger partial charge >= 0.3 is 24.5 Å². The van der Waals surface area contributed by atoms with Crippen molar-refractivity contribution in [2.24, 2.45) is 0 Å². The topological polar surface area (TPSA) is 113 Å². The third-order valence-electron chi connectivity index (χ3n) is 9.49. The highest BCUT2D eigenvalue weighted by molar-refractivity contribution is 7.92. The highest BCUT2D eigenvalue weighted by atomic mass is 35.5. The summed E-state index contributed by atoms with van der Waals surface area (Å²) in [5.74, 6) is -6.12. The number of amides is 2. The van der Waals surface area contributed by atoms with Crippen molar-refractivity contribution in [3.8, 4) is 5.75 Å². The third-order valence-corrected chi connectivity index (χ3v) is 11.0. The van der Waals surface area contributed by atoms with Gasteiger partial charge in [0.15, 0.2) is 11.6 Å². The zero-order valence-electron chi connectivity index (χ0n) is 29.5. The molecule has 4 aromatic rings. The van der Waals surface area contributed by atoms with Crippen LogP contribution in [0.15, 0.2) is 59.6 Å². The second-order valence-electron chi connectivity index (χ2n) is 13.3. The van der Waals surface area contributed by atoms with Crippen LogP contribution in [-0.2, 0) is 21.3 Å². The van der Waals surface area contributed by atoms with Gasteiger partial charge in [0, 0.05) is 49.3 Å². The molecule has 3 aromatic carbocycles. The van der Waals surface area contributed by atoms with Gasteiger partial charge in [-0.15, -0.1) is 0 Å². The first-order valence-corrected chi connectivity index (χ1v) is 18.9. The molecule has 11 nitrogen and oxygen atoms in total. The SMILES string of the molecule is COc1ccc(CN2CCCN(c3cc(S(=O)(=O)Nc4c(F)cc(Cl)cc4F)cc4c(C)cn(C(=O)OC5CCN(CC(F)(F)C(F)F)CC5)c34)C2=O)cc1. The fourth-order valence-corrected chi connectivity index (χ4v) is 7.98. The van der Waals surface area contributed by atoms with Crippen LogP contribution in [0.5, 0.6) is 5.75 Å². The Morgan fingerprint density at radius 3 is 2.29 bits per heavy atom. The molecule has 2 aliphatic heterocycles. The summed E-state index contributed by atoms with van der Waals surface area (Å²) in [5.41, 5.74) is 0.248. The molecule has 1 aromatic heterocycles. The fourth-order valence-electron chi connectivity index (χ4n) is 6.67. The van der Waals surface area contributed by atoms with Gasteiger partial charge in [-0.3, -0.25) is 19.1 Å². The van der Waals surface area contributed by atoms with Crippen LogP contribution >= 0.6 is 11.6 Å². The molecule has 2 fully saturated rings. The van der Waals surface area contributed by atoms with E-state index in [9.17, 15) is 44.3 Å². The van der Waals surface area contributed by atoms with E-state index in [2.05, 4.69) is 0 Å². The van der Waals surface area contributed by atoms with E-state index in [0.29, 0.717) is 24.3 Å². The number of carbonyl (C=O) groups is 2. The Balaban J connectivity index is 1.35. The largest absolute Gasteiger partial charge is 0.497 e. The lowest BCUT2D eigenvalue weighted by Gasteiger charge is -2.36. The van der Waals surface area contributed by atoms with Gasteiger partial charge in [0.2, 0.25) is 0 Å². The number of benzene rings is 3. The third kappa shape index (κ3) is 8.60. The molecule has 1 N–H and O–H groups in total. The van der Waals surface area contributed by atoms with Gasteiger partial charge in [-0.25, -0.2) is 35.6 Å². The first-order chi connectivity index (χ1) is 26.0. The molecule has 0 radical (unpaired) electrons. The number of piperidine rings is 1. The molecule has 6 rings (SSSR count). The molecular formula is C36H36ClF6N5O6S. The molecule has 0 unspecified atom stereocenters. The molecule has 0 spiro atoms. The van der Waals surface area contributed by atoms with Crippen LogP contribution < -0.4 is 14.4 Å². The Kier molecular flexibility index (Phi) is 11.5. The predicted octanol–water partition coefficient (Wildman–Crippen LogP) is 7.87. The van der Waals surface area contributed by atoms with Crippen molar-refractivity contribution < 1.29 is 53.8 Å². The quantitative estimate of drug-likeness (QED) is 0.153. The Morgan fingerprint density at radius 2 is 1.67 bits per heavy atom. The number of alkyl halides is 4. The standard InChI is InChI=1S/C36H36ClF6N5O6S/c1-21-18-48(35(50)54-25-8-12-45(13-9-25)20-36(42,43)33(40)41)32-27(21)16-26(55(51,52)44-31-28(38)14-23(37)15-29(31)39)17-30(32)47-11-3-10-46(34(47)49)19-22-4-6-24(53-2)7-5-22/h4-7,14-18,25,33,44H,3,8-13,19-20H2,1-2H3. The fraction of sp³-hybridized carbons (Fsp3) is 0.389. The summed E-state index contributed by atoms with van der Waals surface area (Å²) < 4.78 is 124. The lowest BCUT2D eigenvalue weighted by atomic mass is 10.1. The van der Waals surface area contributed by atoms with Crippen LogP contribution in [0.25, 0.3) is 10.9 Å². The molecular weight excluding hydrogens is 780 g/mol. The summed E-state index contributed by atoms with van der Waals surface area (Å²) in [6.45, 7) is 0.995. The average Bonchev–Trinajstić information content (AvgIpc) is 3.47. The predicted molar refractivity (Wildman–Crippen MR) is 192 cm³/mol. The minimum Gasteiger partial charge on any atom is -0.497 e. The molecule has 2 aliphatic rings. The first-order valence-electron chi connectivity index (χ1n) is 17.1. The number of methoxy groups -OCH3 is 1. The number of carbonyl (C=O) groups excluding carboxylic acids is 2. The number of likely N-dealkylation sites (tertiary alicyclic amines) is 1. The zero-order valence-corrected chi connectivity index (χ0v) is 31.1. The highest BCUT2D eigenvalue weighted by Gasteiger charge is 2.43. The van der Waals surface area contributed by atoms with E-state index >= 15 is 0 Å². The van der Waals surface area contributed by atoms with E-state index in [1.165, 1.54) is 29.2 Å². The van der Waals surface area contributed by atoms with Crippen molar-refractivity contribution in [1.82, 2.24) is 14.4 Å². The number of aryl methyl sites for hydroxylation is 1. The van der Waals surface area contributed by atoms with Crippen LogP contribution in [0, 0.1) is 18.6 Å². The Hall–Kier alpha value is -4.68. The highest BCUT2D eigenvalue weighted by Crippen LogP contribution is 2.37. The van der Waals surface area contributed by atoms with E-state index in [-0.39, 0.29) is 60.6 Å². The lowest BCUT2D eigenvalue weighted by Crippen LogP contribution is -2.49. The normalized spacial score (nSPS) is 16.3. The molecule has 2 amide bonds. The maximum atomic E-state index is 14.7. The zero-order chi connectivity index (χ0) is 39.8. The van der Waals surface area contributed by atoms with E-state index < -0.39 is 69.4 Å². The van der Waals surface area contributed by atoms with Crippen LogP contribution in [0.4, 0.5) is 47.3 Å². The number of rotatable bonds is 11. The van der Waals surface area contributed by atoms with Gasteiger partial charge in [-0.1, -0.05) is 23.7 Å². The van der Waals surface area contributed by atoms with Gasteiger partial charge in [0.05, 0.1) is 29.8 Å². The minimum atomic E-state index is -4.75. The number of aromatic nitrogens is 1. The van der Waals surface area contributed by atoms with E-state index in [4.69, 9.17) is 21.1 Å². The summed E-state index contributed by atoms with van der Waals surface area (Å²) in [7, 11) is -3.23. The molecule has 0 atom stereocenters. The molecule has 2 saturated heterocycles. The van der Waals surface area contributed by atoms with Crippen molar-refractivity contribution in [2.75, 3.05) is 49.5 Å². The number of nitrogens with zero attached hydrogens (tertiary/aromatic N) is 4. The molecule has 55 heavy (non-hydrogen) atoms. The van der Waals surface area contributed by atoms with Crippen molar-refractivity contribution in [2.45, 2.75) is 56.1 Å². The second kappa shape index (κ2) is 15.8. The molecule has 3 heterocycles. The Labute approximate surface area is 317 Å². The number of urea groups is 1. The molecule has 296 valence electrons. The number of nitrogens with one attached hydrogen (secondary N) is 1. The number of anilines is 2. The van der Waals surface area contributed by atoms with Crippen LogP contribution in [0.1, 0.15) is 30.4 Å². The number of ether oxygens (including phenoxy) is 2. The van der Waals surface area contributed by atoms with Gasteiger partial charge in [-0.2, -0.15) is 8.78 Å². The first kappa shape index (κ1) is 40.0. The number of hydrogen-bond donors (Lipinski definition) is 1. The monoisotopic (exact) mass is 815 g/mol. The smallest absolute Gasteiger partial charge is 0.418 e. The van der Waals surface area contributed by atoms with E-state index in [1.807, 2.05) is 4.72 Å². The molecule has 0 aliphatic carbocycles. The van der Waals surface area contributed by atoms with Crippen molar-refractivity contribution >= 4 is 56.0 Å². The lowest BCUT2D eigenvalue weighted by molar-refractivity contribution is -0.145. The maximum Gasteiger partial charge on any atom is 0.418 e. The maximum absolute atomic E-state index is 14.7. The van der Waals surface area contributed by atoms with E-state index in [1.54, 1.807) is 36.1 Å².